The maximum atomic E-state index is 12.7. The second-order valence-electron chi connectivity index (χ2n) is 7.14. The van der Waals surface area contributed by atoms with Gasteiger partial charge in [-0.05, 0) is 29.3 Å². The molecule has 1 aliphatic rings. The molecule has 0 aliphatic heterocycles. The number of ketones is 1. The molecule has 0 bridgehead atoms. The summed E-state index contributed by atoms with van der Waals surface area (Å²) in [7, 11) is 0. The third kappa shape index (κ3) is 3.28. The van der Waals surface area contributed by atoms with Gasteiger partial charge in [0.15, 0.2) is 5.78 Å². The van der Waals surface area contributed by atoms with E-state index in [1.54, 1.807) is 24.3 Å². The van der Waals surface area contributed by atoms with Gasteiger partial charge in [0.05, 0.1) is 15.7 Å². The lowest BCUT2D eigenvalue weighted by molar-refractivity contribution is -0.268. The Labute approximate surface area is 187 Å². The van der Waals surface area contributed by atoms with Crippen LogP contribution in [0.3, 0.4) is 0 Å². The largest absolute Gasteiger partial charge is 0.872 e. The van der Waals surface area contributed by atoms with Crippen LogP contribution >= 0.6 is 23.2 Å². The van der Waals surface area contributed by atoms with Crippen molar-refractivity contribution in [3.05, 3.63) is 87.9 Å². The van der Waals surface area contributed by atoms with Crippen molar-refractivity contribution in [2.75, 3.05) is 10.6 Å². The highest BCUT2D eigenvalue weighted by Crippen LogP contribution is 2.39. The molecule has 5 rings (SSSR count). The number of fused-ring (bicyclic) bond motifs is 4. The van der Waals surface area contributed by atoms with Crippen LogP contribution in [0.25, 0.3) is 21.9 Å². The Morgan fingerprint density at radius 1 is 0.742 bits per heavy atom. The molecule has 0 unspecified atom stereocenters. The molecule has 2 N–H and O–H groups in total. The molecule has 31 heavy (non-hydrogen) atoms. The molecular weight excluding hydrogens is 435 g/mol. The number of rotatable bonds is 2. The normalized spacial score (nSPS) is 11.9. The molecule has 0 fully saturated rings. The SMILES string of the molecule is O=C(Nc1ccc2c(c1)C(=O)c1ccccc1-2)Nc1c(Cl)cc(Cl)c2ccc([O-])cc12. The first-order valence-electron chi connectivity index (χ1n) is 9.37. The van der Waals surface area contributed by atoms with Gasteiger partial charge in [0.25, 0.3) is 0 Å². The summed E-state index contributed by atoms with van der Waals surface area (Å²) in [4.78, 5) is 25.4. The first-order valence-corrected chi connectivity index (χ1v) is 10.1. The lowest BCUT2D eigenvalue weighted by Crippen LogP contribution is -2.20. The van der Waals surface area contributed by atoms with E-state index in [9.17, 15) is 14.7 Å². The van der Waals surface area contributed by atoms with Crippen molar-refractivity contribution in [1.82, 2.24) is 0 Å². The first-order chi connectivity index (χ1) is 14.9. The van der Waals surface area contributed by atoms with Crippen molar-refractivity contribution in [3.8, 4) is 16.9 Å². The van der Waals surface area contributed by atoms with Gasteiger partial charge in [0.1, 0.15) is 0 Å². The molecular formula is C24H13Cl2N2O3-. The summed E-state index contributed by atoms with van der Waals surface area (Å²) < 4.78 is 0. The highest BCUT2D eigenvalue weighted by Gasteiger charge is 2.26. The summed E-state index contributed by atoms with van der Waals surface area (Å²) in [6.07, 6.45) is 0. The number of urea groups is 1. The molecule has 4 aromatic rings. The molecule has 0 saturated carbocycles. The zero-order valence-corrected chi connectivity index (χ0v) is 17.3. The first kappa shape index (κ1) is 19.4. The Bertz CT molecular complexity index is 1420. The lowest BCUT2D eigenvalue weighted by atomic mass is 10.1. The summed E-state index contributed by atoms with van der Waals surface area (Å²) in [5, 5.41) is 18.9. The fourth-order valence-corrected chi connectivity index (χ4v) is 4.42. The number of hydrogen-bond donors (Lipinski definition) is 2. The predicted molar refractivity (Wildman–Crippen MR) is 121 cm³/mol. The summed E-state index contributed by atoms with van der Waals surface area (Å²) >= 11 is 12.5. The Morgan fingerprint density at radius 2 is 1.48 bits per heavy atom. The van der Waals surface area contributed by atoms with E-state index in [-0.39, 0.29) is 22.2 Å². The summed E-state index contributed by atoms with van der Waals surface area (Å²) in [6, 6.07) is 17.9. The third-order valence-corrected chi connectivity index (χ3v) is 5.84. The van der Waals surface area contributed by atoms with Crippen molar-refractivity contribution in [2.24, 2.45) is 0 Å². The van der Waals surface area contributed by atoms with E-state index < -0.39 is 6.03 Å². The van der Waals surface area contributed by atoms with Gasteiger partial charge >= 0.3 is 6.03 Å². The second kappa shape index (κ2) is 7.30. The Kier molecular flexibility index (Phi) is 4.58. The number of hydrogen-bond acceptors (Lipinski definition) is 3. The van der Waals surface area contributed by atoms with Crippen molar-refractivity contribution < 1.29 is 14.7 Å². The second-order valence-corrected chi connectivity index (χ2v) is 7.95. The van der Waals surface area contributed by atoms with Crippen molar-refractivity contribution in [1.29, 1.82) is 0 Å². The molecule has 4 aromatic carbocycles. The standard InChI is InChI=1S/C24H14Cl2N2O3/c25-20-11-21(26)22(18-10-13(29)6-8-16(18)20)28-24(31)27-12-5-7-15-14-3-1-2-4-17(14)23(30)19(15)9-12/h1-11,29H,(H2,27,28,31)/p-1. The van der Waals surface area contributed by atoms with Crippen LogP contribution in [0.1, 0.15) is 15.9 Å². The fourth-order valence-electron chi connectivity index (χ4n) is 3.84. The number of benzene rings is 4. The van der Waals surface area contributed by atoms with E-state index in [1.165, 1.54) is 18.2 Å². The quantitative estimate of drug-likeness (QED) is 0.344. The topological polar surface area (TPSA) is 81.3 Å². The molecule has 0 atom stereocenters. The minimum absolute atomic E-state index is 0.0793. The smallest absolute Gasteiger partial charge is 0.323 e. The highest BCUT2D eigenvalue weighted by molar-refractivity contribution is 6.41. The maximum Gasteiger partial charge on any atom is 0.323 e. The van der Waals surface area contributed by atoms with Gasteiger partial charge < -0.3 is 15.7 Å². The third-order valence-electron chi connectivity index (χ3n) is 5.23. The molecule has 5 nitrogen and oxygen atoms in total. The van der Waals surface area contributed by atoms with E-state index in [0.717, 1.165) is 11.1 Å². The zero-order valence-electron chi connectivity index (χ0n) is 15.8. The van der Waals surface area contributed by atoms with Crippen LogP contribution in [0.4, 0.5) is 16.2 Å². The molecule has 2 amide bonds. The van der Waals surface area contributed by atoms with Crippen LogP contribution in [0.2, 0.25) is 10.0 Å². The van der Waals surface area contributed by atoms with E-state index in [4.69, 9.17) is 23.2 Å². The number of nitrogens with one attached hydrogen (secondary N) is 2. The summed E-state index contributed by atoms with van der Waals surface area (Å²) in [5.74, 6) is -0.310. The molecule has 0 spiro atoms. The van der Waals surface area contributed by atoms with E-state index in [1.807, 2.05) is 24.3 Å². The number of carbonyl (C=O) groups excluding carboxylic acids is 2. The predicted octanol–water partition coefficient (Wildman–Crippen LogP) is 6.08. The van der Waals surface area contributed by atoms with Crippen molar-refractivity contribution >= 4 is 57.2 Å². The van der Waals surface area contributed by atoms with Gasteiger partial charge in [0, 0.05) is 27.6 Å². The van der Waals surface area contributed by atoms with Crippen LogP contribution in [-0.4, -0.2) is 11.8 Å². The van der Waals surface area contributed by atoms with Crippen molar-refractivity contribution in [2.45, 2.75) is 0 Å². The minimum atomic E-state index is -0.565. The highest BCUT2D eigenvalue weighted by atomic mass is 35.5. The fraction of sp³-hybridized carbons (Fsp3) is 0. The van der Waals surface area contributed by atoms with Crippen LogP contribution in [-0.2, 0) is 0 Å². The van der Waals surface area contributed by atoms with E-state index >= 15 is 0 Å². The molecule has 0 radical (unpaired) electrons. The van der Waals surface area contributed by atoms with Crippen LogP contribution in [0.5, 0.6) is 5.75 Å². The summed E-state index contributed by atoms with van der Waals surface area (Å²) in [5.41, 5.74) is 3.63. The van der Waals surface area contributed by atoms with E-state index in [2.05, 4.69) is 10.6 Å². The minimum Gasteiger partial charge on any atom is -0.872 e. The average molecular weight is 448 g/mol. The Balaban J connectivity index is 1.44. The zero-order chi connectivity index (χ0) is 21.7. The molecule has 0 aromatic heterocycles. The Hall–Kier alpha value is -3.54. The van der Waals surface area contributed by atoms with Gasteiger partial charge in [-0.3, -0.25) is 4.79 Å². The van der Waals surface area contributed by atoms with Crippen LogP contribution < -0.4 is 15.7 Å². The number of amides is 2. The average Bonchev–Trinajstić information content (AvgIpc) is 3.03. The Morgan fingerprint density at radius 3 is 2.29 bits per heavy atom. The number of halogens is 2. The van der Waals surface area contributed by atoms with Gasteiger partial charge in [-0.2, -0.15) is 0 Å². The lowest BCUT2D eigenvalue weighted by Gasteiger charge is -2.15. The molecule has 7 heteroatoms. The molecule has 152 valence electrons. The monoisotopic (exact) mass is 447 g/mol. The van der Waals surface area contributed by atoms with Crippen LogP contribution in [0.15, 0.2) is 66.7 Å². The van der Waals surface area contributed by atoms with Gasteiger partial charge in [0.2, 0.25) is 0 Å². The van der Waals surface area contributed by atoms with Crippen molar-refractivity contribution in [3.63, 3.8) is 0 Å². The summed E-state index contributed by atoms with van der Waals surface area (Å²) in [6.45, 7) is 0. The number of anilines is 2. The van der Waals surface area contributed by atoms with Crippen LogP contribution in [0, 0.1) is 0 Å². The van der Waals surface area contributed by atoms with E-state index in [0.29, 0.717) is 32.6 Å². The van der Waals surface area contributed by atoms with Gasteiger partial charge in [-0.15, -0.1) is 5.75 Å². The maximum absolute atomic E-state index is 12.7. The molecule has 0 saturated heterocycles. The number of carbonyl (C=O) groups is 2. The molecule has 1 aliphatic carbocycles. The molecule has 0 heterocycles. The van der Waals surface area contributed by atoms with Gasteiger partial charge in [-0.1, -0.05) is 71.7 Å². The van der Waals surface area contributed by atoms with Gasteiger partial charge in [-0.25, -0.2) is 4.79 Å².